The standard InChI is InChI=1S/C18H19N3O2S2/c1-13(22)20-15(17-8-4-10-24-17)12-18(23)21-14-6-2-3-7-16(14)25-11-5-9-19/h2-4,6-8,10,15H,5,11-12H2,1H3,(H,20,22)(H,21,23)/t15-/m1/s1. The molecule has 25 heavy (non-hydrogen) atoms. The van der Waals surface area contributed by atoms with Crippen molar-refractivity contribution in [2.45, 2.75) is 30.7 Å². The van der Waals surface area contributed by atoms with Crippen molar-refractivity contribution in [2.24, 2.45) is 0 Å². The molecular weight excluding hydrogens is 354 g/mol. The van der Waals surface area contributed by atoms with E-state index in [-0.39, 0.29) is 24.3 Å². The molecule has 0 aliphatic carbocycles. The van der Waals surface area contributed by atoms with E-state index in [4.69, 9.17) is 5.26 Å². The van der Waals surface area contributed by atoms with Crippen LogP contribution >= 0.6 is 23.1 Å². The topological polar surface area (TPSA) is 82.0 Å². The summed E-state index contributed by atoms with van der Waals surface area (Å²) in [6.07, 6.45) is 0.618. The van der Waals surface area contributed by atoms with Crippen molar-refractivity contribution >= 4 is 40.6 Å². The SMILES string of the molecule is CC(=O)N[C@H](CC(=O)Nc1ccccc1SCCC#N)c1cccs1. The Morgan fingerprint density at radius 2 is 2.08 bits per heavy atom. The third kappa shape index (κ3) is 6.25. The molecule has 5 nitrogen and oxygen atoms in total. The summed E-state index contributed by atoms with van der Waals surface area (Å²) in [5, 5.41) is 16.3. The molecule has 1 aromatic carbocycles. The van der Waals surface area contributed by atoms with Crippen LogP contribution in [-0.4, -0.2) is 17.6 Å². The van der Waals surface area contributed by atoms with Gasteiger partial charge in [-0.3, -0.25) is 9.59 Å². The molecule has 2 aromatic rings. The van der Waals surface area contributed by atoms with Gasteiger partial charge in [-0.25, -0.2) is 0 Å². The average Bonchev–Trinajstić information content (AvgIpc) is 3.10. The molecule has 1 aromatic heterocycles. The maximum absolute atomic E-state index is 12.5. The first-order valence-corrected chi connectivity index (χ1v) is 9.66. The Hall–Kier alpha value is -2.30. The number of nitriles is 1. The fourth-order valence-corrected chi connectivity index (χ4v) is 3.89. The molecule has 1 atom stereocenters. The van der Waals surface area contributed by atoms with E-state index in [9.17, 15) is 9.59 Å². The van der Waals surface area contributed by atoms with Gasteiger partial charge in [-0.2, -0.15) is 5.26 Å². The predicted octanol–water partition coefficient (Wildman–Crippen LogP) is 3.96. The van der Waals surface area contributed by atoms with Gasteiger partial charge in [0, 0.05) is 28.9 Å². The second-order valence-corrected chi connectivity index (χ2v) is 7.39. The summed E-state index contributed by atoms with van der Waals surface area (Å²) in [6.45, 7) is 1.44. The zero-order chi connectivity index (χ0) is 18.1. The molecule has 0 bridgehead atoms. The largest absolute Gasteiger partial charge is 0.348 e. The van der Waals surface area contributed by atoms with Gasteiger partial charge in [0.25, 0.3) is 0 Å². The minimum atomic E-state index is -0.337. The van der Waals surface area contributed by atoms with Crippen molar-refractivity contribution in [1.29, 1.82) is 5.26 Å². The van der Waals surface area contributed by atoms with Crippen LogP contribution in [0.3, 0.4) is 0 Å². The zero-order valence-corrected chi connectivity index (χ0v) is 15.5. The highest BCUT2D eigenvalue weighted by Crippen LogP contribution is 2.28. The third-order valence-electron chi connectivity index (χ3n) is 3.29. The molecule has 7 heteroatoms. The summed E-state index contributed by atoms with van der Waals surface area (Å²) >= 11 is 3.04. The lowest BCUT2D eigenvalue weighted by atomic mass is 10.1. The molecule has 2 N–H and O–H groups in total. The molecule has 130 valence electrons. The van der Waals surface area contributed by atoms with Gasteiger partial charge in [0.2, 0.25) is 11.8 Å². The molecule has 2 rings (SSSR count). The minimum Gasteiger partial charge on any atom is -0.348 e. The van der Waals surface area contributed by atoms with E-state index in [1.165, 1.54) is 30.0 Å². The van der Waals surface area contributed by atoms with E-state index >= 15 is 0 Å². The van der Waals surface area contributed by atoms with Gasteiger partial charge >= 0.3 is 0 Å². The Morgan fingerprint density at radius 3 is 2.76 bits per heavy atom. The van der Waals surface area contributed by atoms with Crippen LogP contribution in [0.1, 0.15) is 30.7 Å². The smallest absolute Gasteiger partial charge is 0.226 e. The molecule has 0 radical (unpaired) electrons. The molecule has 0 spiro atoms. The quantitative estimate of drug-likeness (QED) is 0.542. The second kappa shape index (κ2) is 9.87. The number of rotatable bonds is 8. The molecule has 0 aliphatic rings. The first-order valence-electron chi connectivity index (χ1n) is 7.79. The summed E-state index contributed by atoms with van der Waals surface area (Å²) in [5.41, 5.74) is 0.725. The van der Waals surface area contributed by atoms with Gasteiger partial charge < -0.3 is 10.6 Å². The zero-order valence-electron chi connectivity index (χ0n) is 13.8. The maximum atomic E-state index is 12.5. The molecule has 0 saturated heterocycles. The number of nitrogens with one attached hydrogen (secondary N) is 2. The second-order valence-electron chi connectivity index (χ2n) is 5.27. The number of carbonyl (C=O) groups is 2. The Morgan fingerprint density at radius 1 is 1.28 bits per heavy atom. The lowest BCUT2D eigenvalue weighted by Crippen LogP contribution is -2.29. The lowest BCUT2D eigenvalue weighted by molar-refractivity contribution is -0.120. The van der Waals surface area contributed by atoms with Crippen LogP contribution in [0.15, 0.2) is 46.7 Å². The van der Waals surface area contributed by atoms with Crippen molar-refractivity contribution in [2.75, 3.05) is 11.1 Å². The number of thiophene rings is 1. The number of nitrogens with zero attached hydrogens (tertiary/aromatic N) is 1. The molecule has 1 heterocycles. The van der Waals surface area contributed by atoms with Crippen LogP contribution in [0.25, 0.3) is 0 Å². The average molecular weight is 374 g/mol. The Bertz CT molecular complexity index is 754. The van der Waals surface area contributed by atoms with Crippen LogP contribution in [0.4, 0.5) is 5.69 Å². The summed E-state index contributed by atoms with van der Waals surface area (Å²) in [5.74, 6) is 0.340. The molecule has 2 amide bonds. The van der Waals surface area contributed by atoms with E-state index in [0.717, 1.165) is 15.5 Å². The van der Waals surface area contributed by atoms with Gasteiger partial charge in [0.05, 0.1) is 24.2 Å². The van der Waals surface area contributed by atoms with Gasteiger partial charge in [0.15, 0.2) is 0 Å². The Balaban J connectivity index is 2.03. The number of amides is 2. The van der Waals surface area contributed by atoms with Crippen LogP contribution in [0.2, 0.25) is 0 Å². The van der Waals surface area contributed by atoms with E-state index in [1.807, 2.05) is 41.8 Å². The summed E-state index contributed by atoms with van der Waals surface area (Å²) in [7, 11) is 0. The highest BCUT2D eigenvalue weighted by Gasteiger charge is 2.18. The Labute approximate surface area is 155 Å². The van der Waals surface area contributed by atoms with Crippen LogP contribution in [0, 0.1) is 11.3 Å². The monoisotopic (exact) mass is 373 g/mol. The molecule has 0 aliphatic heterocycles. The molecule has 0 fully saturated rings. The maximum Gasteiger partial charge on any atom is 0.226 e. The normalized spacial score (nSPS) is 11.4. The molecule has 0 saturated carbocycles. The van der Waals surface area contributed by atoms with Gasteiger partial charge in [0.1, 0.15) is 0 Å². The first kappa shape index (κ1) is 19.0. The van der Waals surface area contributed by atoms with Crippen molar-refractivity contribution in [3.63, 3.8) is 0 Å². The minimum absolute atomic E-state index is 0.164. The number of hydrogen-bond donors (Lipinski definition) is 2. The van der Waals surface area contributed by atoms with E-state index < -0.39 is 0 Å². The summed E-state index contributed by atoms with van der Waals surface area (Å²) in [4.78, 5) is 25.8. The summed E-state index contributed by atoms with van der Waals surface area (Å²) < 4.78 is 0. The van der Waals surface area contributed by atoms with Gasteiger partial charge in [-0.1, -0.05) is 18.2 Å². The van der Waals surface area contributed by atoms with Gasteiger partial charge in [-0.15, -0.1) is 23.1 Å². The van der Waals surface area contributed by atoms with Crippen molar-refractivity contribution in [1.82, 2.24) is 5.32 Å². The van der Waals surface area contributed by atoms with Crippen molar-refractivity contribution in [3.8, 4) is 6.07 Å². The summed E-state index contributed by atoms with van der Waals surface area (Å²) in [6, 6.07) is 13.1. The molecular formula is C18H19N3O2S2. The number of carbonyl (C=O) groups excluding carboxylic acids is 2. The number of hydrogen-bond acceptors (Lipinski definition) is 5. The predicted molar refractivity (Wildman–Crippen MR) is 102 cm³/mol. The number of thioether (sulfide) groups is 1. The van der Waals surface area contributed by atoms with E-state index in [0.29, 0.717) is 12.2 Å². The number of para-hydroxylation sites is 1. The van der Waals surface area contributed by atoms with Crippen molar-refractivity contribution < 1.29 is 9.59 Å². The Kier molecular flexibility index (Phi) is 7.51. The molecule has 0 unspecified atom stereocenters. The van der Waals surface area contributed by atoms with Crippen LogP contribution in [-0.2, 0) is 9.59 Å². The fourth-order valence-electron chi connectivity index (χ4n) is 2.25. The van der Waals surface area contributed by atoms with Crippen molar-refractivity contribution in [3.05, 3.63) is 46.7 Å². The van der Waals surface area contributed by atoms with Crippen LogP contribution in [0.5, 0.6) is 0 Å². The highest BCUT2D eigenvalue weighted by atomic mass is 32.2. The van der Waals surface area contributed by atoms with Crippen LogP contribution < -0.4 is 10.6 Å². The van der Waals surface area contributed by atoms with E-state index in [1.54, 1.807) is 0 Å². The highest BCUT2D eigenvalue weighted by molar-refractivity contribution is 7.99. The van der Waals surface area contributed by atoms with E-state index in [2.05, 4.69) is 16.7 Å². The first-order chi connectivity index (χ1) is 12.1. The number of benzene rings is 1. The third-order valence-corrected chi connectivity index (χ3v) is 5.35. The lowest BCUT2D eigenvalue weighted by Gasteiger charge is -2.17. The number of anilines is 1. The fraction of sp³-hybridized carbons (Fsp3) is 0.278. The van der Waals surface area contributed by atoms with Gasteiger partial charge in [-0.05, 0) is 23.6 Å².